The van der Waals surface area contributed by atoms with Gasteiger partial charge in [0.15, 0.2) is 0 Å². The summed E-state index contributed by atoms with van der Waals surface area (Å²) in [6.45, 7) is 5.56. The van der Waals surface area contributed by atoms with E-state index in [2.05, 4.69) is 0 Å². The van der Waals surface area contributed by atoms with E-state index < -0.39 is 32.5 Å². The van der Waals surface area contributed by atoms with Crippen LogP contribution in [0.25, 0.3) is 0 Å². The summed E-state index contributed by atoms with van der Waals surface area (Å²) in [6.07, 6.45) is 3.73. The minimum absolute atomic E-state index is 0. The molecule has 1 unspecified atom stereocenters. The minimum atomic E-state index is -4.42. The second-order valence-corrected chi connectivity index (χ2v) is 8.82. The van der Waals surface area contributed by atoms with Gasteiger partial charge in [0.05, 0.1) is 15.4 Å². The first-order chi connectivity index (χ1) is 9.54. The fourth-order valence-corrected chi connectivity index (χ4v) is 4.82. The van der Waals surface area contributed by atoms with Crippen LogP contribution in [0.4, 0.5) is 4.79 Å². The second-order valence-electron chi connectivity index (χ2n) is 7.27. The molecule has 1 amide bonds. The molecule has 2 aliphatic rings. The average molecular weight is 341 g/mol. The maximum absolute atomic E-state index is 12.2. The molecule has 0 bridgehead atoms. The molecule has 0 radical (unpaired) electrons. The predicted molar refractivity (Wildman–Crippen MR) is 76.8 cm³/mol. The van der Waals surface area contributed by atoms with E-state index in [1.165, 1.54) is 4.90 Å². The Morgan fingerprint density at radius 2 is 1.77 bits per heavy atom. The summed E-state index contributed by atoms with van der Waals surface area (Å²) >= 11 is 0. The summed E-state index contributed by atoms with van der Waals surface area (Å²) in [5.74, 6) is 0. The molecule has 8 heteroatoms. The van der Waals surface area contributed by atoms with Gasteiger partial charge in [-0.05, 0) is 33.6 Å². The molecule has 1 atom stereocenters. The van der Waals surface area contributed by atoms with Crippen LogP contribution in [-0.4, -0.2) is 47.9 Å². The van der Waals surface area contributed by atoms with Crippen LogP contribution in [0, 0.1) is 5.41 Å². The van der Waals surface area contributed by atoms with Crippen molar-refractivity contribution >= 4 is 16.2 Å². The Labute approximate surface area is 155 Å². The van der Waals surface area contributed by atoms with Crippen LogP contribution in [0.3, 0.4) is 0 Å². The van der Waals surface area contributed by atoms with Crippen LogP contribution in [0.2, 0.25) is 0 Å². The van der Waals surface area contributed by atoms with Crippen LogP contribution in [0.5, 0.6) is 0 Å². The van der Waals surface area contributed by atoms with E-state index in [1.54, 1.807) is 20.8 Å². The molecule has 0 aromatic rings. The van der Waals surface area contributed by atoms with E-state index in [0.29, 0.717) is 19.4 Å². The first kappa shape index (κ1) is 20.2. The molecule has 0 N–H and O–H groups in total. The van der Waals surface area contributed by atoms with Gasteiger partial charge in [0.25, 0.3) is 0 Å². The number of nitrogens with zero attached hydrogens (tertiary/aromatic N) is 1. The Hall–Kier alpha value is 0.180. The zero-order valence-corrected chi connectivity index (χ0v) is 16.7. The molecule has 2 rings (SSSR count). The fraction of sp³-hybridized carbons (Fsp3) is 0.929. The number of ether oxygens (including phenoxy) is 1. The summed E-state index contributed by atoms with van der Waals surface area (Å²) in [4.78, 5) is 13.6. The summed E-state index contributed by atoms with van der Waals surface area (Å²) < 4.78 is 40.2. The number of rotatable bonds is 1. The zero-order chi connectivity index (χ0) is 15.9. The van der Waals surface area contributed by atoms with Crippen molar-refractivity contribution in [3.05, 3.63) is 0 Å². The van der Waals surface area contributed by atoms with Crippen LogP contribution in [0.15, 0.2) is 0 Å². The monoisotopic (exact) mass is 341 g/mol. The maximum atomic E-state index is 12.2. The van der Waals surface area contributed by atoms with E-state index in [-0.39, 0.29) is 36.1 Å². The standard InChI is InChI=1S/C14H25NO5S.Na/c1-13(2,3)20-12(16)15-9-11(21(17,18)19)14(10-15)7-5-4-6-8-14;/h11H,4-10H2,1-3H3,(H,17,18,19);/q;+1/p-1. The third kappa shape index (κ3) is 4.60. The Morgan fingerprint density at radius 3 is 2.23 bits per heavy atom. The van der Waals surface area contributed by atoms with E-state index in [0.717, 1.165) is 19.3 Å². The Kier molecular flexibility index (Phi) is 6.41. The van der Waals surface area contributed by atoms with Gasteiger partial charge in [0, 0.05) is 18.5 Å². The molecule has 6 nitrogen and oxygen atoms in total. The van der Waals surface area contributed by atoms with Gasteiger partial charge >= 0.3 is 35.7 Å². The molecule has 1 heterocycles. The molecule has 122 valence electrons. The molecule has 1 aliphatic carbocycles. The normalized spacial score (nSPS) is 24.9. The van der Waals surface area contributed by atoms with Crippen molar-refractivity contribution < 1.29 is 52.1 Å². The van der Waals surface area contributed by atoms with Crippen LogP contribution >= 0.6 is 0 Å². The van der Waals surface area contributed by atoms with Crippen molar-refractivity contribution in [1.82, 2.24) is 4.90 Å². The van der Waals surface area contributed by atoms with E-state index in [4.69, 9.17) is 4.74 Å². The van der Waals surface area contributed by atoms with Gasteiger partial charge in [0.2, 0.25) is 0 Å². The van der Waals surface area contributed by atoms with Crippen LogP contribution in [0.1, 0.15) is 52.9 Å². The summed E-state index contributed by atoms with van der Waals surface area (Å²) in [5, 5.41) is -1.00. The quantitative estimate of drug-likeness (QED) is 0.456. The fourth-order valence-electron chi connectivity index (χ4n) is 3.54. The molecule has 1 spiro atoms. The van der Waals surface area contributed by atoms with Crippen molar-refractivity contribution in [3.8, 4) is 0 Å². The Balaban J connectivity index is 0.00000242. The number of carbonyl (C=O) groups is 1. The van der Waals surface area contributed by atoms with Gasteiger partial charge in [-0.15, -0.1) is 0 Å². The van der Waals surface area contributed by atoms with Gasteiger partial charge in [-0.25, -0.2) is 13.2 Å². The van der Waals surface area contributed by atoms with Gasteiger partial charge in [-0.2, -0.15) is 0 Å². The Morgan fingerprint density at radius 1 is 1.23 bits per heavy atom. The van der Waals surface area contributed by atoms with Crippen LogP contribution < -0.4 is 29.6 Å². The van der Waals surface area contributed by atoms with Crippen LogP contribution in [-0.2, 0) is 14.9 Å². The van der Waals surface area contributed by atoms with Crippen molar-refractivity contribution in [3.63, 3.8) is 0 Å². The van der Waals surface area contributed by atoms with Gasteiger partial charge in [-0.3, -0.25) is 0 Å². The van der Waals surface area contributed by atoms with Gasteiger partial charge in [-0.1, -0.05) is 19.3 Å². The molecule has 0 aromatic carbocycles. The average Bonchev–Trinajstić information content (AvgIpc) is 2.67. The SMILES string of the molecule is CC(C)(C)OC(=O)N1CC(S(=O)(=O)[O-])C2(CCCCC2)C1.[Na+]. The van der Waals surface area contributed by atoms with Crippen molar-refractivity contribution in [1.29, 1.82) is 0 Å². The van der Waals surface area contributed by atoms with Gasteiger partial charge < -0.3 is 14.2 Å². The van der Waals surface area contributed by atoms with E-state index in [1.807, 2.05) is 0 Å². The third-order valence-electron chi connectivity index (χ3n) is 4.42. The maximum Gasteiger partial charge on any atom is 1.00 e. The third-order valence-corrected chi connectivity index (χ3v) is 5.77. The number of likely N-dealkylation sites (tertiary alicyclic amines) is 1. The number of hydrogen-bond acceptors (Lipinski definition) is 5. The molecule has 2 fully saturated rings. The molecule has 0 aromatic heterocycles. The van der Waals surface area contributed by atoms with Crippen molar-refractivity contribution in [2.45, 2.75) is 63.7 Å². The van der Waals surface area contributed by atoms with E-state index >= 15 is 0 Å². The molecule has 1 saturated carbocycles. The summed E-state index contributed by atoms with van der Waals surface area (Å²) in [6, 6.07) is 0. The molecule has 1 aliphatic heterocycles. The molecular formula is C14H24NNaO5S. The van der Waals surface area contributed by atoms with Crippen molar-refractivity contribution in [2.24, 2.45) is 5.41 Å². The predicted octanol–water partition coefficient (Wildman–Crippen LogP) is -0.895. The van der Waals surface area contributed by atoms with Gasteiger partial charge in [0.1, 0.15) is 5.60 Å². The first-order valence-corrected chi connectivity index (χ1v) is 8.93. The second kappa shape index (κ2) is 6.97. The van der Waals surface area contributed by atoms with Crippen molar-refractivity contribution in [2.75, 3.05) is 13.1 Å². The summed E-state index contributed by atoms with van der Waals surface area (Å²) in [7, 11) is -4.42. The smallest absolute Gasteiger partial charge is 0.748 e. The Bertz CT molecular complexity index is 508. The molecule has 1 saturated heterocycles. The number of carbonyl (C=O) groups excluding carboxylic acids is 1. The largest absolute Gasteiger partial charge is 1.00 e. The zero-order valence-electron chi connectivity index (χ0n) is 13.9. The number of amides is 1. The van der Waals surface area contributed by atoms with E-state index in [9.17, 15) is 17.8 Å². The topological polar surface area (TPSA) is 86.7 Å². The molecular weight excluding hydrogens is 317 g/mol. The molecule has 22 heavy (non-hydrogen) atoms. The first-order valence-electron chi connectivity index (χ1n) is 7.46. The minimum Gasteiger partial charge on any atom is -0.748 e. The summed E-state index contributed by atoms with van der Waals surface area (Å²) in [5.41, 5.74) is -1.21. The number of hydrogen-bond donors (Lipinski definition) is 0.